The van der Waals surface area contributed by atoms with E-state index in [1.165, 1.54) is 129 Å². The lowest BCUT2D eigenvalue weighted by atomic mass is 9.36. The Bertz CT molecular complexity index is 3740. The van der Waals surface area contributed by atoms with Gasteiger partial charge in [0.15, 0.2) is 0 Å². The van der Waals surface area contributed by atoms with Gasteiger partial charge >= 0.3 is 0 Å². The highest BCUT2D eigenvalue weighted by Crippen LogP contribution is 2.55. The lowest BCUT2D eigenvalue weighted by Gasteiger charge is -2.45. The van der Waals surface area contributed by atoms with E-state index in [9.17, 15) is 0 Å². The van der Waals surface area contributed by atoms with E-state index in [0.29, 0.717) is 0 Å². The molecule has 5 heteroatoms. The molecule has 0 radical (unpaired) electrons. The number of fused-ring (bicyclic) bond motifs is 8. The van der Waals surface area contributed by atoms with Crippen LogP contribution in [0.2, 0.25) is 0 Å². The Morgan fingerprint density at radius 1 is 0.395 bits per heavy atom. The number of rotatable bonds is 5. The monoisotopic (exact) mass is 1090 g/mol. The Hall–Kier alpha value is -6.04. The van der Waals surface area contributed by atoms with E-state index in [1.54, 1.807) is 0 Å². The second-order valence-corrected chi connectivity index (χ2v) is 32.8. The van der Waals surface area contributed by atoms with Gasteiger partial charge in [0, 0.05) is 54.7 Å². The third kappa shape index (κ3) is 9.21. The van der Waals surface area contributed by atoms with Gasteiger partial charge < -0.3 is 14.7 Å². The van der Waals surface area contributed by atoms with Crippen molar-refractivity contribution < 1.29 is 0 Å². The molecule has 12 rings (SSSR count). The summed E-state index contributed by atoms with van der Waals surface area (Å²) in [5.41, 5.74) is 25.0. The van der Waals surface area contributed by atoms with Crippen LogP contribution < -0.4 is 30.4 Å². The summed E-state index contributed by atoms with van der Waals surface area (Å²) in [6.45, 7) is 47.9. The van der Waals surface area contributed by atoms with E-state index in [1.807, 2.05) is 11.3 Å². The molecule has 2 aliphatic heterocycles. The van der Waals surface area contributed by atoms with Crippen molar-refractivity contribution >= 4 is 95.0 Å². The number of thiophene rings is 1. The van der Waals surface area contributed by atoms with Crippen LogP contribution in [0.3, 0.4) is 0 Å². The van der Waals surface area contributed by atoms with E-state index >= 15 is 0 Å². The van der Waals surface area contributed by atoms with Crippen LogP contribution in [0.25, 0.3) is 10.1 Å². The van der Waals surface area contributed by atoms with Gasteiger partial charge in [-0.2, -0.15) is 0 Å². The van der Waals surface area contributed by atoms with Crippen molar-refractivity contribution in [3.63, 3.8) is 0 Å². The Morgan fingerprint density at radius 3 is 1.27 bits per heavy atom. The van der Waals surface area contributed by atoms with Crippen LogP contribution in [0.5, 0.6) is 0 Å². The molecule has 0 bridgehead atoms. The van der Waals surface area contributed by atoms with Crippen LogP contribution in [-0.2, 0) is 43.3 Å². The van der Waals surface area contributed by atoms with Crippen molar-refractivity contribution in [1.29, 1.82) is 0 Å². The molecule has 0 atom stereocenters. The molecule has 418 valence electrons. The Labute approximate surface area is 492 Å². The van der Waals surface area contributed by atoms with Crippen LogP contribution >= 0.6 is 11.3 Å². The van der Waals surface area contributed by atoms with E-state index in [0.717, 1.165) is 18.5 Å². The molecule has 7 aromatic carbocycles. The highest BCUT2D eigenvalue weighted by molar-refractivity contribution is 7.33. The second-order valence-electron chi connectivity index (χ2n) is 31.7. The minimum atomic E-state index is -0.0564. The molecule has 4 aliphatic rings. The van der Waals surface area contributed by atoms with E-state index in [2.05, 4.69) is 287 Å². The number of hydrogen-bond acceptors (Lipinski definition) is 4. The predicted octanol–water partition coefficient (Wildman–Crippen LogP) is 20.3. The van der Waals surface area contributed by atoms with Crippen molar-refractivity contribution in [1.82, 2.24) is 0 Å². The minimum Gasteiger partial charge on any atom is -0.311 e. The predicted molar refractivity (Wildman–Crippen MR) is 356 cm³/mol. The molecule has 2 aliphatic carbocycles. The first kappa shape index (κ1) is 55.5. The van der Waals surface area contributed by atoms with Crippen LogP contribution in [0.4, 0.5) is 51.2 Å². The third-order valence-electron chi connectivity index (χ3n) is 19.8. The molecule has 0 unspecified atom stereocenters. The van der Waals surface area contributed by atoms with Gasteiger partial charge in [-0.3, -0.25) is 0 Å². The summed E-state index contributed by atoms with van der Waals surface area (Å²) < 4.78 is 2.73. The number of nitrogens with zero attached hydrogens (tertiary/aromatic N) is 3. The van der Waals surface area contributed by atoms with Gasteiger partial charge in [0.2, 0.25) is 0 Å². The molecule has 0 saturated carbocycles. The topological polar surface area (TPSA) is 9.72 Å². The fourth-order valence-corrected chi connectivity index (χ4v) is 15.5. The summed E-state index contributed by atoms with van der Waals surface area (Å²) in [6.07, 6.45) is 4.66. The summed E-state index contributed by atoms with van der Waals surface area (Å²) in [5.74, 6) is 0. The summed E-state index contributed by atoms with van der Waals surface area (Å²) in [5, 5.41) is 1.32. The Morgan fingerprint density at radius 2 is 0.802 bits per heavy atom. The average Bonchev–Trinajstić information content (AvgIpc) is 1.99. The number of hydrogen-bond donors (Lipinski definition) is 0. The SMILES string of the molecule is CC(C)(C)c1ccc(N2c3ccc(C(C)(C)C)cc3B3c4sc5ccc(C(C)(C)C)cc5c4N(c4ccc(C(C)(C)C)cc4)c4cc(N(c5ccc6c(c5)C(C)(C)CCC6(C)C)c5ccc6c(c5)C(C)(C)CCC6(C)C)cc2c43)cc1. The van der Waals surface area contributed by atoms with Gasteiger partial charge in [0.25, 0.3) is 6.71 Å². The Balaban J connectivity index is 1.24. The summed E-state index contributed by atoms with van der Waals surface area (Å²) in [6, 6.07) is 54.2. The maximum Gasteiger partial charge on any atom is 0.264 e. The molecular formula is C76H90BN3S. The van der Waals surface area contributed by atoms with E-state index in [-0.39, 0.29) is 50.0 Å². The van der Waals surface area contributed by atoms with Gasteiger partial charge in [-0.1, -0.05) is 193 Å². The molecular weight excluding hydrogens is 998 g/mol. The molecule has 0 fully saturated rings. The first-order chi connectivity index (χ1) is 37.6. The smallest absolute Gasteiger partial charge is 0.264 e. The maximum absolute atomic E-state index is 2.69. The molecule has 0 N–H and O–H groups in total. The molecule has 3 heterocycles. The van der Waals surface area contributed by atoms with Gasteiger partial charge in [-0.05, 0) is 203 Å². The van der Waals surface area contributed by atoms with Gasteiger partial charge in [0.05, 0.1) is 11.4 Å². The first-order valence-corrected chi connectivity index (χ1v) is 31.3. The summed E-state index contributed by atoms with van der Waals surface area (Å²) in [7, 11) is 0. The summed E-state index contributed by atoms with van der Waals surface area (Å²) in [4.78, 5) is 7.99. The summed E-state index contributed by atoms with van der Waals surface area (Å²) >= 11 is 2.00. The minimum absolute atomic E-state index is 0.00176. The van der Waals surface area contributed by atoms with Gasteiger partial charge in [-0.25, -0.2) is 0 Å². The molecule has 0 amide bonds. The number of anilines is 9. The fourth-order valence-electron chi connectivity index (χ4n) is 14.2. The first-order valence-electron chi connectivity index (χ1n) is 30.5. The normalized spacial score (nSPS) is 17.8. The second kappa shape index (κ2) is 18.2. The molecule has 8 aromatic rings. The van der Waals surface area contributed by atoms with E-state index in [4.69, 9.17) is 0 Å². The molecule has 1 aromatic heterocycles. The van der Waals surface area contributed by atoms with E-state index < -0.39 is 0 Å². The van der Waals surface area contributed by atoms with Crippen LogP contribution in [-0.4, -0.2) is 6.71 Å². The molecule has 81 heavy (non-hydrogen) atoms. The van der Waals surface area contributed by atoms with Crippen molar-refractivity contribution in [3.8, 4) is 0 Å². The zero-order chi connectivity index (χ0) is 58.1. The lowest BCUT2D eigenvalue weighted by Crippen LogP contribution is -2.60. The molecule has 0 spiro atoms. The largest absolute Gasteiger partial charge is 0.311 e. The highest BCUT2D eigenvalue weighted by Gasteiger charge is 2.47. The van der Waals surface area contributed by atoms with Gasteiger partial charge in [0.1, 0.15) is 0 Å². The average molecular weight is 1090 g/mol. The third-order valence-corrected chi connectivity index (χ3v) is 21.0. The van der Waals surface area contributed by atoms with Crippen molar-refractivity contribution in [2.24, 2.45) is 0 Å². The number of benzene rings is 7. The standard InChI is InChI=1S/C76H90BN3S/c1-69(2,3)47-21-27-51(28-22-47)79-62-35-25-50(72(10,11)12)42-61(62)77-66-63(79)45-55(46-64(66)80(52-29-23-48(24-30-52)70(4,5)6)67-56-41-49(71(7,8)9)26-36-65(56)81-68(67)77)78(53-31-33-57-59(43-53)75(17,18)39-37-73(57,13)14)54-32-34-58-60(44-54)76(19,20)40-38-74(58,15)16/h21-36,41-46H,37-40H2,1-20H3. The fraction of sp³-hybridized carbons (Fsp3) is 0.421. The zero-order valence-electron chi connectivity index (χ0n) is 52.9. The zero-order valence-corrected chi connectivity index (χ0v) is 53.7. The molecule has 3 nitrogen and oxygen atoms in total. The van der Waals surface area contributed by atoms with Crippen LogP contribution in [0.15, 0.2) is 133 Å². The quantitative estimate of drug-likeness (QED) is 0.159. The lowest BCUT2D eigenvalue weighted by molar-refractivity contribution is 0.332. The maximum atomic E-state index is 2.69. The van der Waals surface area contributed by atoms with Crippen LogP contribution in [0.1, 0.15) is 209 Å². The van der Waals surface area contributed by atoms with Crippen molar-refractivity contribution in [2.45, 2.75) is 207 Å². The Kier molecular flexibility index (Phi) is 12.5. The van der Waals surface area contributed by atoms with Gasteiger partial charge in [-0.15, -0.1) is 11.3 Å². The van der Waals surface area contributed by atoms with Crippen molar-refractivity contribution in [2.75, 3.05) is 14.7 Å². The molecule has 0 saturated heterocycles. The van der Waals surface area contributed by atoms with Crippen molar-refractivity contribution in [3.05, 3.63) is 178 Å². The highest BCUT2D eigenvalue weighted by atomic mass is 32.1. The van der Waals surface area contributed by atoms with Crippen LogP contribution in [0, 0.1) is 0 Å².